The van der Waals surface area contributed by atoms with Crippen LogP contribution in [0.15, 0.2) is 47.1 Å². The third kappa shape index (κ3) is 3.21. The highest BCUT2D eigenvalue weighted by molar-refractivity contribution is 6.00. The van der Waals surface area contributed by atoms with Crippen LogP contribution in [0.25, 0.3) is 0 Å². The molecule has 0 spiro atoms. The van der Waals surface area contributed by atoms with Gasteiger partial charge in [-0.1, -0.05) is 26.0 Å². The zero-order chi connectivity index (χ0) is 19.1. The predicted octanol–water partition coefficient (Wildman–Crippen LogP) is 3.06. The van der Waals surface area contributed by atoms with Crippen LogP contribution in [0.2, 0.25) is 0 Å². The van der Waals surface area contributed by atoms with Crippen LogP contribution < -0.4 is 10.5 Å². The van der Waals surface area contributed by atoms with Crippen molar-refractivity contribution in [3.8, 4) is 11.8 Å². The maximum absolute atomic E-state index is 12.8. The number of esters is 1. The maximum atomic E-state index is 12.8. The Hall–Kier alpha value is -3.07. The van der Waals surface area contributed by atoms with Gasteiger partial charge >= 0.3 is 5.97 Å². The van der Waals surface area contributed by atoms with Gasteiger partial charge in [0.05, 0.1) is 5.92 Å². The first-order valence-electron chi connectivity index (χ1n) is 8.34. The zero-order valence-corrected chi connectivity index (χ0v) is 15.0. The van der Waals surface area contributed by atoms with Crippen molar-refractivity contribution >= 4 is 11.8 Å². The first-order valence-corrected chi connectivity index (χ1v) is 8.34. The second kappa shape index (κ2) is 6.34. The van der Waals surface area contributed by atoms with Gasteiger partial charge in [-0.3, -0.25) is 9.59 Å². The van der Waals surface area contributed by atoms with Crippen molar-refractivity contribution in [1.29, 1.82) is 5.26 Å². The van der Waals surface area contributed by atoms with E-state index in [-0.39, 0.29) is 22.7 Å². The van der Waals surface area contributed by atoms with E-state index >= 15 is 0 Å². The largest absolute Gasteiger partial charge is 0.444 e. The minimum absolute atomic E-state index is 0.0332. The number of nitrogens with two attached hydrogens (primary N) is 1. The molecule has 1 aliphatic heterocycles. The Morgan fingerprint density at radius 3 is 2.54 bits per heavy atom. The highest BCUT2D eigenvalue weighted by Crippen LogP contribution is 2.47. The molecule has 0 fully saturated rings. The Balaban J connectivity index is 2.08. The molecular weight excluding hydrogens is 332 g/mol. The summed E-state index contributed by atoms with van der Waals surface area (Å²) in [4.78, 5) is 23.9. The van der Waals surface area contributed by atoms with E-state index in [0.29, 0.717) is 29.9 Å². The van der Waals surface area contributed by atoms with Crippen LogP contribution in [0.4, 0.5) is 0 Å². The summed E-state index contributed by atoms with van der Waals surface area (Å²) in [6.45, 7) is 5.32. The van der Waals surface area contributed by atoms with Crippen LogP contribution in [0.5, 0.6) is 5.75 Å². The Morgan fingerprint density at radius 1 is 1.31 bits per heavy atom. The molecule has 1 aliphatic carbocycles. The Bertz CT molecular complexity index is 885. The third-order valence-electron chi connectivity index (χ3n) is 4.55. The van der Waals surface area contributed by atoms with Gasteiger partial charge in [0, 0.05) is 25.3 Å². The van der Waals surface area contributed by atoms with Gasteiger partial charge in [0.15, 0.2) is 5.78 Å². The number of ketones is 1. The van der Waals surface area contributed by atoms with E-state index in [0.717, 1.165) is 5.56 Å². The first kappa shape index (κ1) is 17.7. The molecule has 1 aromatic carbocycles. The van der Waals surface area contributed by atoms with Crippen molar-refractivity contribution in [3.63, 3.8) is 0 Å². The number of nitrogens with zero attached hydrogens (tertiary/aromatic N) is 1. The molecule has 0 bridgehead atoms. The van der Waals surface area contributed by atoms with E-state index in [2.05, 4.69) is 6.07 Å². The SMILES string of the molecule is CC(=O)Oc1ccc([C@@H]2C(C#N)=C(N)OC3=C2C(=O)CC(C)(C)C3)cc1. The van der Waals surface area contributed by atoms with E-state index in [9.17, 15) is 14.9 Å². The molecule has 0 saturated carbocycles. The van der Waals surface area contributed by atoms with Crippen LogP contribution in [0.3, 0.4) is 0 Å². The van der Waals surface area contributed by atoms with Gasteiger partial charge in [0.25, 0.3) is 0 Å². The molecule has 2 N–H and O–H groups in total. The zero-order valence-electron chi connectivity index (χ0n) is 15.0. The second-order valence-corrected chi connectivity index (χ2v) is 7.37. The lowest BCUT2D eigenvalue weighted by atomic mass is 9.70. The number of carbonyl (C=O) groups excluding carboxylic acids is 2. The summed E-state index contributed by atoms with van der Waals surface area (Å²) in [6, 6.07) is 8.81. The molecule has 0 unspecified atom stereocenters. The maximum Gasteiger partial charge on any atom is 0.308 e. The molecule has 6 nitrogen and oxygen atoms in total. The lowest BCUT2D eigenvalue weighted by Gasteiger charge is -2.37. The molecule has 0 saturated heterocycles. The number of rotatable bonds is 2. The highest BCUT2D eigenvalue weighted by atomic mass is 16.5. The number of hydrogen-bond donors (Lipinski definition) is 1. The van der Waals surface area contributed by atoms with Crippen LogP contribution in [-0.4, -0.2) is 11.8 Å². The fourth-order valence-corrected chi connectivity index (χ4v) is 3.51. The minimum Gasteiger partial charge on any atom is -0.444 e. The second-order valence-electron chi connectivity index (χ2n) is 7.37. The molecule has 1 aromatic rings. The molecule has 1 heterocycles. The number of Topliss-reactive ketones (excluding diaryl/α,β-unsaturated/α-hetero) is 1. The Morgan fingerprint density at radius 2 is 1.96 bits per heavy atom. The Labute approximate surface area is 151 Å². The van der Waals surface area contributed by atoms with Crippen molar-refractivity contribution < 1.29 is 19.1 Å². The standard InChI is InChI=1S/C20H20N2O4/c1-11(23)25-13-6-4-12(5-7-13)17-14(10-21)19(22)26-16-9-20(2,3)8-15(24)18(16)17/h4-7,17H,8-9,22H2,1-3H3/t17-/m1/s1. The quantitative estimate of drug-likeness (QED) is 0.648. The highest BCUT2D eigenvalue weighted by Gasteiger charge is 2.42. The number of carbonyl (C=O) groups is 2. The lowest BCUT2D eigenvalue weighted by molar-refractivity contribution is -0.131. The number of allylic oxidation sites excluding steroid dienone is 3. The molecule has 3 rings (SSSR count). The molecule has 0 amide bonds. The molecule has 0 radical (unpaired) electrons. The number of ether oxygens (including phenoxy) is 2. The molecule has 2 aliphatic rings. The summed E-state index contributed by atoms with van der Waals surface area (Å²) < 4.78 is 10.7. The minimum atomic E-state index is -0.571. The van der Waals surface area contributed by atoms with Gasteiger partial charge in [-0.15, -0.1) is 0 Å². The average Bonchev–Trinajstić information content (AvgIpc) is 2.52. The summed E-state index contributed by atoms with van der Waals surface area (Å²) in [5.74, 6) is -0.0543. The average molecular weight is 352 g/mol. The van der Waals surface area contributed by atoms with Crippen molar-refractivity contribution in [2.75, 3.05) is 0 Å². The fourth-order valence-electron chi connectivity index (χ4n) is 3.51. The molecule has 6 heteroatoms. The van der Waals surface area contributed by atoms with E-state index in [1.54, 1.807) is 24.3 Å². The molecular formula is C20H20N2O4. The van der Waals surface area contributed by atoms with Crippen molar-refractivity contribution in [2.45, 2.75) is 39.5 Å². The van der Waals surface area contributed by atoms with Crippen molar-refractivity contribution in [3.05, 3.63) is 52.6 Å². The van der Waals surface area contributed by atoms with Gasteiger partial charge in [-0.25, -0.2) is 0 Å². The van der Waals surface area contributed by atoms with Gasteiger partial charge in [0.2, 0.25) is 5.88 Å². The molecule has 0 aromatic heterocycles. The third-order valence-corrected chi connectivity index (χ3v) is 4.55. The van der Waals surface area contributed by atoms with Crippen LogP contribution >= 0.6 is 0 Å². The smallest absolute Gasteiger partial charge is 0.308 e. The summed E-state index contributed by atoms with van der Waals surface area (Å²) >= 11 is 0. The number of benzene rings is 1. The Kier molecular flexibility index (Phi) is 4.33. The number of hydrogen-bond acceptors (Lipinski definition) is 6. The van der Waals surface area contributed by atoms with Gasteiger partial charge in [-0.05, 0) is 23.1 Å². The fraction of sp³-hybridized carbons (Fsp3) is 0.350. The predicted molar refractivity (Wildman–Crippen MR) is 93.5 cm³/mol. The van der Waals surface area contributed by atoms with E-state index < -0.39 is 11.9 Å². The summed E-state index contributed by atoms with van der Waals surface area (Å²) in [5.41, 5.74) is 7.20. The first-order chi connectivity index (χ1) is 12.2. The van der Waals surface area contributed by atoms with Crippen molar-refractivity contribution in [1.82, 2.24) is 0 Å². The van der Waals surface area contributed by atoms with Crippen LogP contribution in [0, 0.1) is 16.7 Å². The van der Waals surface area contributed by atoms with Gasteiger partial charge in [-0.2, -0.15) is 5.26 Å². The van der Waals surface area contributed by atoms with Crippen molar-refractivity contribution in [2.24, 2.45) is 11.1 Å². The lowest BCUT2D eigenvalue weighted by Crippen LogP contribution is -2.33. The van der Waals surface area contributed by atoms with Gasteiger partial charge < -0.3 is 15.2 Å². The van der Waals surface area contributed by atoms with E-state index in [1.165, 1.54) is 6.92 Å². The normalized spacial score (nSPS) is 21.6. The molecule has 134 valence electrons. The number of nitriles is 1. The molecule has 1 atom stereocenters. The van der Waals surface area contributed by atoms with Crippen LogP contribution in [0.1, 0.15) is 45.1 Å². The van der Waals surface area contributed by atoms with Gasteiger partial charge in [0.1, 0.15) is 23.2 Å². The molecule has 26 heavy (non-hydrogen) atoms. The van der Waals surface area contributed by atoms with Crippen LogP contribution in [-0.2, 0) is 14.3 Å². The monoisotopic (exact) mass is 352 g/mol. The topological polar surface area (TPSA) is 102 Å². The summed E-state index contributed by atoms with van der Waals surface area (Å²) in [5, 5.41) is 9.57. The van der Waals surface area contributed by atoms with E-state index in [1.807, 2.05) is 13.8 Å². The summed E-state index contributed by atoms with van der Waals surface area (Å²) in [7, 11) is 0. The van der Waals surface area contributed by atoms with E-state index in [4.69, 9.17) is 15.2 Å². The summed E-state index contributed by atoms with van der Waals surface area (Å²) in [6.07, 6.45) is 0.964.